The van der Waals surface area contributed by atoms with Crippen LogP contribution in [0.3, 0.4) is 0 Å². The number of hydrogen-bond donors (Lipinski definition) is 3. The number of aromatic hydroxyl groups is 1. The van der Waals surface area contributed by atoms with Gasteiger partial charge >= 0.3 is 0 Å². The van der Waals surface area contributed by atoms with Crippen LogP contribution < -0.4 is 5.32 Å². The number of benzene rings is 2. The first-order valence-corrected chi connectivity index (χ1v) is 9.53. The van der Waals surface area contributed by atoms with Crippen molar-refractivity contribution in [3.63, 3.8) is 0 Å². The molecule has 0 saturated carbocycles. The van der Waals surface area contributed by atoms with Gasteiger partial charge in [0.1, 0.15) is 5.82 Å². The second kappa shape index (κ2) is 6.89. The van der Waals surface area contributed by atoms with Gasteiger partial charge in [0.25, 0.3) is 0 Å². The van der Waals surface area contributed by atoms with Crippen molar-refractivity contribution in [3.8, 4) is 17.0 Å². The molecule has 0 radical (unpaired) electrons. The van der Waals surface area contributed by atoms with Gasteiger partial charge in [0.2, 0.25) is 5.88 Å². The number of rotatable bonds is 3. The highest BCUT2D eigenvalue weighted by atomic mass is 35.5. The SMILES string of the molecule is Oc1nc([C@@H]2CNC[C@H]2c2ccccc2Cl)nc2ccc(-c3cn[nH]c3)cc12. The third-order valence-corrected chi connectivity index (χ3v) is 5.72. The van der Waals surface area contributed by atoms with Crippen molar-refractivity contribution >= 4 is 22.5 Å². The van der Waals surface area contributed by atoms with Crippen LogP contribution in [0.2, 0.25) is 5.02 Å². The van der Waals surface area contributed by atoms with Crippen molar-refractivity contribution in [1.82, 2.24) is 25.5 Å². The number of nitrogens with one attached hydrogen (secondary N) is 2. The number of nitrogens with zero attached hydrogens (tertiary/aromatic N) is 3. The summed E-state index contributed by atoms with van der Waals surface area (Å²) >= 11 is 6.42. The summed E-state index contributed by atoms with van der Waals surface area (Å²) in [7, 11) is 0. The van der Waals surface area contributed by atoms with E-state index >= 15 is 0 Å². The molecule has 7 heteroatoms. The quantitative estimate of drug-likeness (QED) is 0.493. The molecule has 1 aliphatic rings. The molecule has 0 unspecified atom stereocenters. The zero-order valence-electron chi connectivity index (χ0n) is 14.9. The molecule has 6 nitrogen and oxygen atoms in total. The standard InChI is InChI=1S/C21H18ClN5O/c22-18-4-2-1-3-14(18)16-10-23-11-17(16)20-26-19-6-5-12(13-8-24-25-9-13)7-15(19)21(28)27-20/h1-9,16-17,23H,10-11H2,(H,24,25)(H,26,27,28)/t16-,17+/m0/s1. The Kier molecular flexibility index (Phi) is 4.22. The molecule has 2 aromatic heterocycles. The van der Waals surface area contributed by atoms with Crippen LogP contribution in [0.25, 0.3) is 22.0 Å². The number of fused-ring (bicyclic) bond motifs is 1. The first kappa shape index (κ1) is 17.2. The van der Waals surface area contributed by atoms with Crippen molar-refractivity contribution in [1.29, 1.82) is 0 Å². The Labute approximate surface area is 166 Å². The van der Waals surface area contributed by atoms with Gasteiger partial charge in [-0.15, -0.1) is 0 Å². The van der Waals surface area contributed by atoms with Gasteiger partial charge in [0, 0.05) is 41.7 Å². The number of aromatic amines is 1. The first-order chi connectivity index (χ1) is 13.7. The van der Waals surface area contributed by atoms with E-state index in [1.54, 1.807) is 6.20 Å². The lowest BCUT2D eigenvalue weighted by Gasteiger charge is -2.19. The van der Waals surface area contributed by atoms with Gasteiger partial charge in [0.05, 0.1) is 17.1 Å². The van der Waals surface area contributed by atoms with Crippen molar-refractivity contribution in [3.05, 3.63) is 71.3 Å². The molecule has 140 valence electrons. The lowest BCUT2D eigenvalue weighted by Crippen LogP contribution is -2.13. The summed E-state index contributed by atoms with van der Waals surface area (Å²) in [6, 6.07) is 13.6. The topological polar surface area (TPSA) is 86.7 Å². The van der Waals surface area contributed by atoms with Gasteiger partial charge in [-0.1, -0.05) is 35.9 Å². The summed E-state index contributed by atoms with van der Waals surface area (Å²) in [5, 5.41) is 22.2. The van der Waals surface area contributed by atoms with Crippen molar-refractivity contribution in [2.45, 2.75) is 11.8 Å². The van der Waals surface area contributed by atoms with E-state index in [4.69, 9.17) is 16.6 Å². The third kappa shape index (κ3) is 2.91. The smallest absolute Gasteiger partial charge is 0.222 e. The van der Waals surface area contributed by atoms with Crippen molar-refractivity contribution in [2.75, 3.05) is 13.1 Å². The predicted molar refractivity (Wildman–Crippen MR) is 109 cm³/mol. The Hall–Kier alpha value is -2.96. The number of hydrogen-bond acceptors (Lipinski definition) is 5. The molecule has 0 spiro atoms. The molecule has 2 atom stereocenters. The average molecular weight is 392 g/mol. The molecule has 4 aromatic rings. The highest BCUT2D eigenvalue weighted by molar-refractivity contribution is 6.31. The number of H-pyrrole nitrogens is 1. The summed E-state index contributed by atoms with van der Waals surface area (Å²) in [6.07, 6.45) is 3.55. The van der Waals surface area contributed by atoms with E-state index in [-0.39, 0.29) is 17.7 Å². The summed E-state index contributed by atoms with van der Waals surface area (Å²) in [4.78, 5) is 9.22. The Morgan fingerprint density at radius 1 is 1.00 bits per heavy atom. The van der Waals surface area contributed by atoms with Crippen LogP contribution in [-0.4, -0.2) is 38.4 Å². The van der Waals surface area contributed by atoms with E-state index in [2.05, 4.69) is 20.5 Å². The highest BCUT2D eigenvalue weighted by Crippen LogP contribution is 2.39. The fraction of sp³-hybridized carbons (Fsp3) is 0.190. The van der Waals surface area contributed by atoms with Crippen LogP contribution in [0.5, 0.6) is 5.88 Å². The zero-order chi connectivity index (χ0) is 19.1. The van der Waals surface area contributed by atoms with E-state index in [9.17, 15) is 5.11 Å². The van der Waals surface area contributed by atoms with Gasteiger partial charge in [0.15, 0.2) is 0 Å². The lowest BCUT2D eigenvalue weighted by molar-refractivity contribution is 0.452. The van der Waals surface area contributed by atoms with E-state index in [1.165, 1.54) is 0 Å². The van der Waals surface area contributed by atoms with Gasteiger partial charge in [-0.3, -0.25) is 5.10 Å². The maximum absolute atomic E-state index is 10.6. The molecule has 1 aliphatic heterocycles. The van der Waals surface area contributed by atoms with Crippen LogP contribution in [0.4, 0.5) is 0 Å². The second-order valence-corrected chi connectivity index (χ2v) is 7.42. The minimum Gasteiger partial charge on any atom is -0.493 e. The van der Waals surface area contributed by atoms with Crippen LogP contribution in [0, 0.1) is 0 Å². The normalized spacial score (nSPS) is 19.3. The van der Waals surface area contributed by atoms with E-state index < -0.39 is 0 Å². The molecule has 5 rings (SSSR count). The van der Waals surface area contributed by atoms with Crippen molar-refractivity contribution in [2.24, 2.45) is 0 Å². The Bertz CT molecular complexity index is 1140. The molecular weight excluding hydrogens is 374 g/mol. The monoisotopic (exact) mass is 391 g/mol. The first-order valence-electron chi connectivity index (χ1n) is 9.15. The summed E-state index contributed by atoms with van der Waals surface area (Å²) in [6.45, 7) is 1.55. The Balaban J connectivity index is 1.56. The minimum atomic E-state index is -0.00449. The molecule has 28 heavy (non-hydrogen) atoms. The minimum absolute atomic E-state index is 0.00449. The predicted octanol–water partition coefficient (Wildman–Crippen LogP) is 3.85. The van der Waals surface area contributed by atoms with E-state index in [1.807, 2.05) is 48.7 Å². The Morgan fingerprint density at radius 2 is 1.86 bits per heavy atom. The summed E-state index contributed by atoms with van der Waals surface area (Å²) in [5.74, 6) is 0.839. The molecule has 2 aromatic carbocycles. The maximum atomic E-state index is 10.6. The molecule has 0 bridgehead atoms. The van der Waals surface area contributed by atoms with E-state index in [0.717, 1.165) is 40.3 Å². The Morgan fingerprint density at radius 3 is 2.68 bits per heavy atom. The lowest BCUT2D eigenvalue weighted by atomic mass is 9.88. The van der Waals surface area contributed by atoms with Gasteiger partial charge in [-0.2, -0.15) is 10.1 Å². The van der Waals surface area contributed by atoms with Gasteiger partial charge < -0.3 is 10.4 Å². The summed E-state index contributed by atoms with van der Waals surface area (Å²) < 4.78 is 0. The number of aromatic nitrogens is 4. The van der Waals surface area contributed by atoms with Crippen molar-refractivity contribution < 1.29 is 5.11 Å². The molecule has 3 N–H and O–H groups in total. The second-order valence-electron chi connectivity index (χ2n) is 7.02. The fourth-order valence-electron chi connectivity index (χ4n) is 3.94. The highest BCUT2D eigenvalue weighted by Gasteiger charge is 2.33. The average Bonchev–Trinajstić information content (AvgIpc) is 3.40. The van der Waals surface area contributed by atoms with E-state index in [0.29, 0.717) is 11.2 Å². The summed E-state index contributed by atoms with van der Waals surface area (Å²) in [5.41, 5.74) is 3.70. The molecule has 0 aliphatic carbocycles. The molecule has 1 saturated heterocycles. The van der Waals surface area contributed by atoms with Crippen LogP contribution in [0.15, 0.2) is 54.9 Å². The maximum Gasteiger partial charge on any atom is 0.222 e. The third-order valence-electron chi connectivity index (χ3n) is 5.38. The zero-order valence-corrected chi connectivity index (χ0v) is 15.7. The fourth-order valence-corrected chi connectivity index (χ4v) is 4.21. The number of halogens is 1. The van der Waals surface area contributed by atoms with Crippen LogP contribution >= 0.6 is 11.6 Å². The van der Waals surface area contributed by atoms with Gasteiger partial charge in [-0.05, 0) is 29.3 Å². The van der Waals surface area contributed by atoms with Gasteiger partial charge in [-0.25, -0.2) is 4.98 Å². The molecular formula is C21H18ClN5O. The van der Waals surface area contributed by atoms with Crippen LogP contribution in [-0.2, 0) is 0 Å². The largest absolute Gasteiger partial charge is 0.493 e. The molecule has 0 amide bonds. The molecule has 1 fully saturated rings. The van der Waals surface area contributed by atoms with Crippen LogP contribution in [0.1, 0.15) is 23.2 Å². The molecule has 3 heterocycles.